The van der Waals surface area contributed by atoms with Crippen molar-refractivity contribution in [2.45, 2.75) is 44.1 Å². The lowest BCUT2D eigenvalue weighted by molar-refractivity contribution is 0.0748. The Morgan fingerprint density at radius 1 is 1.26 bits per heavy atom. The summed E-state index contributed by atoms with van der Waals surface area (Å²) in [6, 6.07) is 0. The van der Waals surface area contributed by atoms with Gasteiger partial charge in [0.05, 0.1) is 0 Å². The third kappa shape index (κ3) is 2.84. The molecule has 4 atom stereocenters. The van der Waals surface area contributed by atoms with Gasteiger partial charge >= 0.3 is 0 Å². The van der Waals surface area contributed by atoms with E-state index in [4.69, 9.17) is 10.5 Å². The van der Waals surface area contributed by atoms with Crippen LogP contribution >= 0.6 is 0 Å². The van der Waals surface area contributed by atoms with Gasteiger partial charge in [-0.3, -0.25) is 0 Å². The van der Waals surface area contributed by atoms with Crippen LogP contribution in [0.15, 0.2) is 35.5 Å². The second-order valence-corrected chi connectivity index (χ2v) is 7.78. The maximum absolute atomic E-state index is 7.19. The van der Waals surface area contributed by atoms with Crippen LogP contribution in [-0.2, 0) is 4.74 Å². The average molecular weight is 314 g/mol. The maximum Gasteiger partial charge on any atom is 0.0498 e. The summed E-state index contributed by atoms with van der Waals surface area (Å²) in [6.45, 7) is 3.95. The van der Waals surface area contributed by atoms with Gasteiger partial charge in [-0.15, -0.1) is 0 Å². The van der Waals surface area contributed by atoms with Crippen LogP contribution in [0.25, 0.3) is 0 Å². The summed E-state index contributed by atoms with van der Waals surface area (Å²) in [7, 11) is 0. The van der Waals surface area contributed by atoms with Crippen molar-refractivity contribution < 1.29 is 4.74 Å². The van der Waals surface area contributed by atoms with Crippen molar-refractivity contribution in [2.75, 3.05) is 26.3 Å². The average Bonchev–Trinajstić information content (AvgIpc) is 3.04. The molecule has 0 aromatic carbocycles. The van der Waals surface area contributed by atoms with Crippen molar-refractivity contribution in [3.63, 3.8) is 0 Å². The normalized spacial score (nSPS) is 41.0. The second kappa shape index (κ2) is 6.54. The minimum Gasteiger partial charge on any atom is -0.381 e. The minimum atomic E-state index is -0.0895. The Hall–Kier alpha value is -0.900. The fraction of sp³-hybridized carbons (Fsp3) is 0.700. The van der Waals surface area contributed by atoms with Gasteiger partial charge in [0, 0.05) is 31.2 Å². The molecule has 3 N–H and O–H groups in total. The first-order valence-corrected chi connectivity index (χ1v) is 9.42. The van der Waals surface area contributed by atoms with Gasteiger partial charge in [0.25, 0.3) is 0 Å². The molecule has 23 heavy (non-hydrogen) atoms. The fourth-order valence-electron chi connectivity index (χ4n) is 5.38. The monoisotopic (exact) mass is 314 g/mol. The minimum absolute atomic E-state index is 0.0895. The summed E-state index contributed by atoms with van der Waals surface area (Å²) in [5, 5.41) is 3.53. The molecule has 0 bridgehead atoms. The molecule has 2 aliphatic carbocycles. The van der Waals surface area contributed by atoms with Crippen molar-refractivity contribution in [1.82, 2.24) is 5.32 Å². The SMILES string of the molecule is NC12CC=CC=C(C3=CCCNC3)[C@H]1CCCC2[C@@H]1CCOC1. The lowest BCUT2D eigenvalue weighted by atomic mass is 9.58. The zero-order valence-electron chi connectivity index (χ0n) is 14.1. The number of hydrogen-bond acceptors (Lipinski definition) is 3. The van der Waals surface area contributed by atoms with Crippen LogP contribution in [0.3, 0.4) is 0 Å². The summed E-state index contributed by atoms with van der Waals surface area (Å²) in [5.74, 6) is 1.77. The van der Waals surface area contributed by atoms with Crippen molar-refractivity contribution in [2.24, 2.45) is 23.5 Å². The first-order valence-electron chi connectivity index (χ1n) is 9.42. The van der Waals surface area contributed by atoms with Crippen LogP contribution in [0, 0.1) is 17.8 Å². The van der Waals surface area contributed by atoms with E-state index < -0.39 is 0 Å². The summed E-state index contributed by atoms with van der Waals surface area (Å²) in [5.41, 5.74) is 10.1. The van der Waals surface area contributed by atoms with E-state index in [0.29, 0.717) is 17.8 Å². The fourth-order valence-corrected chi connectivity index (χ4v) is 5.38. The molecule has 3 heteroatoms. The highest BCUT2D eigenvalue weighted by Crippen LogP contribution is 2.49. The van der Waals surface area contributed by atoms with Gasteiger partial charge in [0.2, 0.25) is 0 Å². The van der Waals surface area contributed by atoms with E-state index >= 15 is 0 Å². The highest BCUT2D eigenvalue weighted by molar-refractivity contribution is 5.42. The molecule has 0 amide bonds. The molecule has 126 valence electrons. The van der Waals surface area contributed by atoms with Crippen LogP contribution in [0.5, 0.6) is 0 Å². The number of allylic oxidation sites excluding steroid dienone is 2. The van der Waals surface area contributed by atoms with E-state index in [9.17, 15) is 0 Å². The van der Waals surface area contributed by atoms with Gasteiger partial charge < -0.3 is 15.8 Å². The van der Waals surface area contributed by atoms with Gasteiger partial charge in [-0.25, -0.2) is 0 Å². The summed E-state index contributed by atoms with van der Waals surface area (Å²) >= 11 is 0. The van der Waals surface area contributed by atoms with Gasteiger partial charge in [0.15, 0.2) is 0 Å². The number of hydrogen-bond donors (Lipinski definition) is 2. The van der Waals surface area contributed by atoms with Crippen molar-refractivity contribution >= 4 is 0 Å². The molecule has 2 fully saturated rings. The van der Waals surface area contributed by atoms with E-state index in [2.05, 4.69) is 29.6 Å². The number of nitrogens with two attached hydrogens (primary N) is 1. The molecule has 1 saturated heterocycles. The zero-order valence-corrected chi connectivity index (χ0v) is 14.1. The Bertz CT molecular complexity index is 530. The maximum atomic E-state index is 7.19. The number of ether oxygens (including phenoxy) is 1. The lowest BCUT2D eigenvalue weighted by Gasteiger charge is -2.50. The summed E-state index contributed by atoms with van der Waals surface area (Å²) in [4.78, 5) is 0. The topological polar surface area (TPSA) is 47.3 Å². The molecule has 2 aliphatic heterocycles. The molecule has 4 aliphatic rings. The molecule has 0 aromatic rings. The number of nitrogens with one attached hydrogen (secondary N) is 1. The highest BCUT2D eigenvalue weighted by Gasteiger charge is 2.49. The Labute approximate surface area is 140 Å². The van der Waals surface area contributed by atoms with Crippen molar-refractivity contribution in [3.8, 4) is 0 Å². The van der Waals surface area contributed by atoms with Crippen LogP contribution in [0.1, 0.15) is 38.5 Å². The summed E-state index contributed by atoms with van der Waals surface area (Å²) in [6.07, 6.45) is 16.5. The third-order valence-electron chi connectivity index (χ3n) is 6.54. The molecule has 4 rings (SSSR count). The standard InChI is InChI=1S/C20H30N2O/c21-20-10-2-1-6-17(15-5-4-11-22-13-15)19(20)8-3-7-18(20)16-9-12-23-14-16/h1-2,5-6,16,18-19,22H,3-4,7-14,21H2/t16-,18?,19-,20?/m1/s1. The van der Waals surface area contributed by atoms with Gasteiger partial charge in [0.1, 0.15) is 0 Å². The van der Waals surface area contributed by atoms with E-state index in [1.807, 2.05) is 0 Å². The van der Waals surface area contributed by atoms with E-state index in [0.717, 1.165) is 39.1 Å². The molecule has 0 spiro atoms. The van der Waals surface area contributed by atoms with Crippen LogP contribution in [0.2, 0.25) is 0 Å². The smallest absolute Gasteiger partial charge is 0.0498 e. The van der Waals surface area contributed by atoms with Crippen LogP contribution in [0.4, 0.5) is 0 Å². The van der Waals surface area contributed by atoms with E-state index in [1.54, 1.807) is 0 Å². The van der Waals surface area contributed by atoms with Gasteiger partial charge in [-0.05, 0) is 61.6 Å². The van der Waals surface area contributed by atoms with Crippen molar-refractivity contribution in [1.29, 1.82) is 0 Å². The first kappa shape index (κ1) is 15.6. The molecule has 0 radical (unpaired) electrons. The lowest BCUT2D eigenvalue weighted by Crippen LogP contribution is -2.58. The molecule has 2 heterocycles. The Kier molecular flexibility index (Phi) is 4.44. The third-order valence-corrected chi connectivity index (χ3v) is 6.54. The van der Waals surface area contributed by atoms with E-state index in [1.165, 1.54) is 36.8 Å². The predicted molar refractivity (Wildman–Crippen MR) is 94.1 cm³/mol. The van der Waals surface area contributed by atoms with Crippen molar-refractivity contribution in [3.05, 3.63) is 35.5 Å². The molecule has 1 saturated carbocycles. The first-order chi connectivity index (χ1) is 11.3. The quantitative estimate of drug-likeness (QED) is 0.824. The zero-order chi connectivity index (χ0) is 15.7. The van der Waals surface area contributed by atoms with Gasteiger partial charge in [-0.1, -0.05) is 30.7 Å². The Balaban J connectivity index is 1.67. The number of fused-ring (bicyclic) bond motifs is 1. The predicted octanol–water partition coefficient (Wildman–Crippen LogP) is 2.94. The molecular weight excluding hydrogens is 284 g/mol. The highest BCUT2D eigenvalue weighted by atomic mass is 16.5. The Morgan fingerprint density at radius 3 is 3.00 bits per heavy atom. The molecule has 3 nitrogen and oxygen atoms in total. The summed E-state index contributed by atoms with van der Waals surface area (Å²) < 4.78 is 5.70. The molecule has 0 aromatic heterocycles. The Morgan fingerprint density at radius 2 is 2.22 bits per heavy atom. The van der Waals surface area contributed by atoms with Gasteiger partial charge in [-0.2, -0.15) is 0 Å². The van der Waals surface area contributed by atoms with E-state index in [-0.39, 0.29) is 5.54 Å². The second-order valence-electron chi connectivity index (χ2n) is 7.78. The largest absolute Gasteiger partial charge is 0.381 e. The number of rotatable bonds is 2. The molecular formula is C20H30N2O. The molecule has 2 unspecified atom stereocenters. The van der Waals surface area contributed by atoms with Crippen LogP contribution in [-0.4, -0.2) is 31.8 Å². The van der Waals surface area contributed by atoms with Crippen LogP contribution < -0.4 is 11.1 Å².